The number of methoxy groups -OCH3 is 2. The maximum atomic E-state index is 6.38. The third-order valence-corrected chi connectivity index (χ3v) is 4.51. The monoisotopic (exact) mass is 278 g/mol. The lowest BCUT2D eigenvalue weighted by molar-refractivity contribution is 0.0512. The van der Waals surface area contributed by atoms with Crippen LogP contribution in [0.15, 0.2) is 24.3 Å². The minimum atomic E-state index is -0.120. The quantitative estimate of drug-likeness (QED) is 0.866. The van der Waals surface area contributed by atoms with E-state index in [4.69, 9.17) is 20.9 Å². The van der Waals surface area contributed by atoms with E-state index in [0.717, 1.165) is 37.0 Å². The van der Waals surface area contributed by atoms with E-state index >= 15 is 0 Å². The van der Waals surface area contributed by atoms with Gasteiger partial charge < -0.3 is 20.9 Å². The smallest absolute Gasteiger partial charge is 0.118 e. The molecule has 112 valence electrons. The fourth-order valence-corrected chi connectivity index (χ4v) is 3.05. The van der Waals surface area contributed by atoms with E-state index in [1.54, 1.807) is 14.2 Å². The Morgan fingerprint density at radius 3 is 2.10 bits per heavy atom. The van der Waals surface area contributed by atoms with Crippen LogP contribution >= 0.6 is 0 Å². The highest BCUT2D eigenvalue weighted by Crippen LogP contribution is 2.31. The maximum Gasteiger partial charge on any atom is 0.118 e. The van der Waals surface area contributed by atoms with Gasteiger partial charge in [0, 0.05) is 19.2 Å². The Labute approximate surface area is 121 Å². The first-order valence-electron chi connectivity index (χ1n) is 7.33. The highest BCUT2D eigenvalue weighted by atomic mass is 16.5. The maximum absolute atomic E-state index is 6.38. The van der Waals surface area contributed by atoms with Crippen LogP contribution in [0.4, 0.5) is 0 Å². The molecule has 4 nitrogen and oxygen atoms in total. The van der Waals surface area contributed by atoms with Gasteiger partial charge in [-0.25, -0.2) is 0 Å². The second-order valence-corrected chi connectivity index (χ2v) is 5.65. The summed E-state index contributed by atoms with van der Waals surface area (Å²) in [6.07, 6.45) is 4.78. The van der Waals surface area contributed by atoms with Crippen LogP contribution in [-0.2, 0) is 4.74 Å². The number of nitrogens with two attached hydrogens (primary N) is 2. The summed E-state index contributed by atoms with van der Waals surface area (Å²) in [5.41, 5.74) is 13.8. The molecule has 0 aliphatic heterocycles. The van der Waals surface area contributed by atoms with Crippen molar-refractivity contribution in [2.45, 2.75) is 43.9 Å². The summed E-state index contributed by atoms with van der Waals surface area (Å²) in [4.78, 5) is 0. The molecule has 1 fully saturated rings. The zero-order chi connectivity index (χ0) is 14.5. The lowest BCUT2D eigenvalue weighted by Gasteiger charge is -2.34. The third-order valence-electron chi connectivity index (χ3n) is 4.51. The predicted molar refractivity (Wildman–Crippen MR) is 80.7 cm³/mol. The standard InChI is InChI=1S/C16H26N2O2/c1-19-13-7-3-11(4-8-13)15(17)16(18)12-5-9-14(20-2)10-6-12/h3-4,7-8,12,14-16H,5-6,9-10,17-18H2,1-2H3. The highest BCUT2D eigenvalue weighted by Gasteiger charge is 2.29. The number of hydrogen-bond donors (Lipinski definition) is 2. The Hall–Kier alpha value is -1.10. The summed E-state index contributed by atoms with van der Waals surface area (Å²) < 4.78 is 10.6. The number of ether oxygens (including phenoxy) is 2. The van der Waals surface area contributed by atoms with Gasteiger partial charge in [0.2, 0.25) is 0 Å². The van der Waals surface area contributed by atoms with Crippen molar-refractivity contribution in [2.24, 2.45) is 17.4 Å². The molecule has 0 aromatic heterocycles. The van der Waals surface area contributed by atoms with E-state index in [1.807, 2.05) is 24.3 Å². The Bertz CT molecular complexity index is 399. The first kappa shape index (κ1) is 15.3. The second-order valence-electron chi connectivity index (χ2n) is 5.65. The van der Waals surface area contributed by atoms with Crippen molar-refractivity contribution in [1.82, 2.24) is 0 Å². The van der Waals surface area contributed by atoms with Gasteiger partial charge in [-0.1, -0.05) is 12.1 Å². The molecule has 4 N–H and O–H groups in total. The van der Waals surface area contributed by atoms with Crippen LogP contribution in [0.5, 0.6) is 5.75 Å². The van der Waals surface area contributed by atoms with E-state index in [9.17, 15) is 0 Å². The van der Waals surface area contributed by atoms with Gasteiger partial charge >= 0.3 is 0 Å². The first-order chi connectivity index (χ1) is 9.65. The summed E-state index contributed by atoms with van der Waals surface area (Å²) >= 11 is 0. The van der Waals surface area contributed by atoms with Gasteiger partial charge in [-0.3, -0.25) is 0 Å². The summed E-state index contributed by atoms with van der Waals surface area (Å²) in [6, 6.07) is 7.76. The summed E-state index contributed by atoms with van der Waals surface area (Å²) in [5.74, 6) is 1.33. The third kappa shape index (κ3) is 3.51. The van der Waals surface area contributed by atoms with Crippen molar-refractivity contribution in [3.63, 3.8) is 0 Å². The molecule has 0 saturated heterocycles. The zero-order valence-electron chi connectivity index (χ0n) is 12.4. The van der Waals surface area contributed by atoms with Gasteiger partial charge in [0.1, 0.15) is 5.75 Å². The molecule has 1 aliphatic carbocycles. The molecule has 0 radical (unpaired) electrons. The Morgan fingerprint density at radius 1 is 1.00 bits per heavy atom. The first-order valence-corrected chi connectivity index (χ1v) is 7.33. The van der Waals surface area contributed by atoms with Gasteiger partial charge in [-0.15, -0.1) is 0 Å². The van der Waals surface area contributed by atoms with Gasteiger partial charge in [0.25, 0.3) is 0 Å². The lowest BCUT2D eigenvalue weighted by Crippen LogP contribution is -2.42. The number of rotatable bonds is 5. The van der Waals surface area contributed by atoms with Crippen molar-refractivity contribution in [2.75, 3.05) is 14.2 Å². The predicted octanol–water partition coefficient (Wildman–Crippen LogP) is 2.23. The zero-order valence-corrected chi connectivity index (χ0v) is 12.4. The molecule has 0 heterocycles. The molecule has 20 heavy (non-hydrogen) atoms. The van der Waals surface area contributed by atoms with E-state index in [-0.39, 0.29) is 12.1 Å². The van der Waals surface area contributed by atoms with Crippen molar-refractivity contribution >= 4 is 0 Å². The molecule has 0 amide bonds. The van der Waals surface area contributed by atoms with Crippen LogP contribution < -0.4 is 16.2 Å². The molecule has 0 spiro atoms. The van der Waals surface area contributed by atoms with Crippen LogP contribution in [-0.4, -0.2) is 26.4 Å². The van der Waals surface area contributed by atoms with E-state index in [1.165, 1.54) is 0 Å². The van der Waals surface area contributed by atoms with Crippen molar-refractivity contribution < 1.29 is 9.47 Å². The Balaban J connectivity index is 1.95. The Kier molecular flexibility index (Phi) is 5.40. The number of benzene rings is 1. The highest BCUT2D eigenvalue weighted by molar-refractivity contribution is 5.29. The second kappa shape index (κ2) is 7.07. The average Bonchev–Trinajstić information content (AvgIpc) is 2.53. The normalized spacial score (nSPS) is 26.0. The van der Waals surface area contributed by atoms with E-state index in [2.05, 4.69) is 0 Å². The molecule has 1 aromatic rings. The van der Waals surface area contributed by atoms with Gasteiger partial charge in [-0.2, -0.15) is 0 Å². The van der Waals surface area contributed by atoms with Gasteiger partial charge in [-0.05, 0) is 49.3 Å². The average molecular weight is 278 g/mol. The van der Waals surface area contributed by atoms with Crippen LogP contribution in [0.25, 0.3) is 0 Å². The molecule has 2 unspecified atom stereocenters. The van der Waals surface area contributed by atoms with Crippen LogP contribution in [0.2, 0.25) is 0 Å². The fraction of sp³-hybridized carbons (Fsp3) is 0.625. The van der Waals surface area contributed by atoms with Crippen molar-refractivity contribution in [1.29, 1.82) is 0 Å². The van der Waals surface area contributed by atoms with E-state index in [0.29, 0.717) is 12.0 Å². The summed E-state index contributed by atoms with van der Waals surface area (Å²) in [7, 11) is 3.45. The molecule has 1 saturated carbocycles. The Morgan fingerprint density at radius 2 is 1.60 bits per heavy atom. The van der Waals surface area contributed by atoms with Crippen LogP contribution in [0, 0.1) is 5.92 Å². The molecule has 4 heteroatoms. The largest absolute Gasteiger partial charge is 0.497 e. The summed E-state index contributed by atoms with van der Waals surface area (Å²) in [6.45, 7) is 0. The molecule has 2 atom stereocenters. The minimum absolute atomic E-state index is 0.00111. The summed E-state index contributed by atoms with van der Waals surface area (Å²) in [5, 5.41) is 0. The van der Waals surface area contributed by atoms with E-state index < -0.39 is 0 Å². The molecule has 0 bridgehead atoms. The molecule has 1 aliphatic rings. The lowest BCUT2D eigenvalue weighted by atomic mass is 9.79. The molecular weight excluding hydrogens is 252 g/mol. The van der Waals surface area contributed by atoms with Gasteiger partial charge in [0.15, 0.2) is 0 Å². The van der Waals surface area contributed by atoms with Crippen LogP contribution in [0.3, 0.4) is 0 Å². The topological polar surface area (TPSA) is 70.5 Å². The molecule has 2 rings (SSSR count). The number of hydrogen-bond acceptors (Lipinski definition) is 4. The SMILES string of the molecule is COc1ccc(C(N)C(N)C2CCC(OC)CC2)cc1. The van der Waals surface area contributed by atoms with Gasteiger partial charge in [0.05, 0.1) is 13.2 Å². The molecule has 1 aromatic carbocycles. The van der Waals surface area contributed by atoms with Crippen molar-refractivity contribution in [3.8, 4) is 5.75 Å². The minimum Gasteiger partial charge on any atom is -0.497 e. The van der Waals surface area contributed by atoms with Crippen molar-refractivity contribution in [3.05, 3.63) is 29.8 Å². The van der Waals surface area contributed by atoms with Crippen LogP contribution in [0.1, 0.15) is 37.3 Å². The molecular formula is C16H26N2O2. The fourth-order valence-electron chi connectivity index (χ4n) is 3.05.